The minimum Gasteiger partial charge on any atom is -0.175 e. The van der Waals surface area contributed by atoms with Crippen LogP contribution in [0.25, 0.3) is 0 Å². The predicted molar refractivity (Wildman–Crippen MR) is 77.2 cm³/mol. The van der Waals surface area contributed by atoms with E-state index in [-0.39, 0.29) is 0 Å². The van der Waals surface area contributed by atoms with Gasteiger partial charge in [0.1, 0.15) is 0 Å². The molecule has 0 nitrogen and oxygen atoms in total. The van der Waals surface area contributed by atoms with Crippen molar-refractivity contribution in [3.8, 4) is 0 Å². The Labute approximate surface area is 108 Å². The monoisotopic (exact) mass is 262 g/mol. The van der Waals surface area contributed by atoms with Crippen LogP contribution in [0, 0.1) is 0 Å². The highest BCUT2D eigenvalue weighted by molar-refractivity contribution is 7.80. The summed E-state index contributed by atoms with van der Waals surface area (Å²) in [6.07, 6.45) is 0. The molecule has 0 spiro atoms. The molecule has 0 saturated heterocycles. The molecule has 0 radical (unpaired) electrons. The number of hydrogen-bond acceptors (Lipinski definition) is 4. The molecule has 1 aromatic rings. The average molecular weight is 262 g/mol. The van der Waals surface area contributed by atoms with Gasteiger partial charge in [-0.2, -0.15) is 50.5 Å². The van der Waals surface area contributed by atoms with E-state index in [1.54, 1.807) is 0 Å². The maximum atomic E-state index is 4.35. The van der Waals surface area contributed by atoms with E-state index >= 15 is 0 Å². The molecule has 0 bridgehead atoms. The number of benzene rings is 1. The molecule has 1 rings (SSSR count). The van der Waals surface area contributed by atoms with Crippen molar-refractivity contribution in [2.24, 2.45) is 0 Å². The van der Waals surface area contributed by atoms with E-state index in [9.17, 15) is 0 Å². The molecule has 0 heterocycles. The SMILES string of the molecule is SCc1ccc(CS)c(CS)c1CS. The molecule has 0 aliphatic carbocycles. The fourth-order valence-electron chi connectivity index (χ4n) is 1.48. The van der Waals surface area contributed by atoms with Gasteiger partial charge < -0.3 is 0 Å². The van der Waals surface area contributed by atoms with Gasteiger partial charge in [0, 0.05) is 23.0 Å². The summed E-state index contributed by atoms with van der Waals surface area (Å²) in [6.45, 7) is 0. The lowest BCUT2D eigenvalue weighted by molar-refractivity contribution is 1.17. The van der Waals surface area contributed by atoms with Crippen LogP contribution in [0.3, 0.4) is 0 Å². The van der Waals surface area contributed by atoms with Crippen LogP contribution < -0.4 is 0 Å². The van der Waals surface area contributed by atoms with Gasteiger partial charge >= 0.3 is 0 Å². The van der Waals surface area contributed by atoms with Crippen molar-refractivity contribution in [3.05, 3.63) is 34.4 Å². The van der Waals surface area contributed by atoms with Gasteiger partial charge in [0.15, 0.2) is 0 Å². The summed E-state index contributed by atoms with van der Waals surface area (Å²) in [5.74, 6) is 2.99. The molecule has 0 aliphatic rings. The van der Waals surface area contributed by atoms with E-state index in [1.807, 2.05) is 0 Å². The molecule has 0 unspecified atom stereocenters. The van der Waals surface area contributed by atoms with Crippen molar-refractivity contribution in [3.63, 3.8) is 0 Å². The van der Waals surface area contributed by atoms with Crippen LogP contribution in [-0.4, -0.2) is 0 Å². The summed E-state index contributed by atoms with van der Waals surface area (Å²) in [5.41, 5.74) is 5.03. The van der Waals surface area contributed by atoms with Gasteiger partial charge in [-0.1, -0.05) is 12.1 Å². The second-order valence-corrected chi connectivity index (χ2v) is 4.24. The van der Waals surface area contributed by atoms with Gasteiger partial charge in [0.2, 0.25) is 0 Å². The summed E-state index contributed by atoms with van der Waals surface area (Å²) in [4.78, 5) is 0. The van der Waals surface area contributed by atoms with E-state index < -0.39 is 0 Å². The third kappa shape index (κ3) is 2.60. The standard InChI is InChI=1S/C10H14S4/c11-3-7-1-2-8(4-12)10(6-14)9(7)5-13/h1-2,11-14H,3-6H2. The van der Waals surface area contributed by atoms with Crippen LogP contribution in [0.4, 0.5) is 0 Å². The zero-order valence-electron chi connectivity index (χ0n) is 7.77. The van der Waals surface area contributed by atoms with E-state index in [0.717, 1.165) is 23.0 Å². The molecule has 0 N–H and O–H groups in total. The molecule has 1 aromatic carbocycles. The van der Waals surface area contributed by atoms with Gasteiger partial charge in [0.25, 0.3) is 0 Å². The van der Waals surface area contributed by atoms with Crippen molar-refractivity contribution in [1.82, 2.24) is 0 Å². The van der Waals surface area contributed by atoms with Crippen LogP contribution in [-0.2, 0) is 23.0 Å². The lowest BCUT2D eigenvalue weighted by Gasteiger charge is -2.14. The summed E-state index contributed by atoms with van der Waals surface area (Å²) < 4.78 is 0. The Morgan fingerprint density at radius 2 is 1.00 bits per heavy atom. The third-order valence-electron chi connectivity index (χ3n) is 2.28. The van der Waals surface area contributed by atoms with Crippen LogP contribution in [0.15, 0.2) is 12.1 Å². The lowest BCUT2D eigenvalue weighted by atomic mass is 9.99. The summed E-state index contributed by atoms with van der Waals surface area (Å²) >= 11 is 17.3. The van der Waals surface area contributed by atoms with Crippen LogP contribution in [0.1, 0.15) is 22.3 Å². The topological polar surface area (TPSA) is 0 Å². The Hall–Kier alpha value is 0.620. The fourth-order valence-corrected chi connectivity index (χ4v) is 2.86. The largest absolute Gasteiger partial charge is 0.175 e. The number of hydrogen-bond donors (Lipinski definition) is 4. The highest BCUT2D eigenvalue weighted by Gasteiger charge is 2.09. The summed E-state index contributed by atoms with van der Waals surface area (Å²) in [5, 5.41) is 0. The van der Waals surface area contributed by atoms with Gasteiger partial charge in [-0.05, 0) is 22.3 Å². The number of rotatable bonds is 4. The van der Waals surface area contributed by atoms with E-state index in [4.69, 9.17) is 0 Å². The molecule has 0 amide bonds. The molecule has 0 saturated carbocycles. The third-order valence-corrected chi connectivity index (χ3v) is 3.60. The first-order valence-corrected chi connectivity index (χ1v) is 6.87. The maximum Gasteiger partial charge on any atom is 0.0160 e. The van der Waals surface area contributed by atoms with Crippen LogP contribution in [0.5, 0.6) is 0 Å². The van der Waals surface area contributed by atoms with Crippen molar-refractivity contribution in [2.45, 2.75) is 23.0 Å². The van der Waals surface area contributed by atoms with Crippen LogP contribution in [0.2, 0.25) is 0 Å². The highest BCUT2D eigenvalue weighted by atomic mass is 32.1. The van der Waals surface area contributed by atoms with E-state index in [2.05, 4.69) is 62.6 Å². The van der Waals surface area contributed by atoms with Gasteiger partial charge in [-0.15, -0.1) is 0 Å². The molecule has 0 aliphatic heterocycles. The van der Waals surface area contributed by atoms with Gasteiger partial charge in [-0.25, -0.2) is 0 Å². The quantitative estimate of drug-likeness (QED) is 0.587. The molecule has 14 heavy (non-hydrogen) atoms. The van der Waals surface area contributed by atoms with Crippen molar-refractivity contribution < 1.29 is 0 Å². The smallest absolute Gasteiger partial charge is 0.0160 e. The molecular formula is C10H14S4. The van der Waals surface area contributed by atoms with Crippen molar-refractivity contribution in [2.75, 3.05) is 0 Å². The molecule has 0 atom stereocenters. The molecule has 0 aromatic heterocycles. The number of thiol groups is 4. The van der Waals surface area contributed by atoms with Gasteiger partial charge in [0.05, 0.1) is 0 Å². The molecular weight excluding hydrogens is 248 g/mol. The summed E-state index contributed by atoms with van der Waals surface area (Å²) in [6, 6.07) is 4.22. The second-order valence-electron chi connectivity index (χ2n) is 2.97. The lowest BCUT2D eigenvalue weighted by Crippen LogP contribution is -1.99. The first kappa shape index (κ1) is 12.7. The fraction of sp³-hybridized carbons (Fsp3) is 0.400. The molecule has 78 valence electrons. The van der Waals surface area contributed by atoms with E-state index in [1.165, 1.54) is 22.3 Å². The normalized spacial score (nSPS) is 10.6. The zero-order chi connectivity index (χ0) is 10.6. The minimum atomic E-state index is 0.743. The first-order chi connectivity index (χ1) is 6.78. The maximum absolute atomic E-state index is 4.35. The molecule has 4 heteroatoms. The van der Waals surface area contributed by atoms with Gasteiger partial charge in [-0.3, -0.25) is 0 Å². The predicted octanol–water partition coefficient (Wildman–Crippen LogP) is 3.41. The Balaban J connectivity index is 3.28. The highest BCUT2D eigenvalue weighted by Crippen LogP contribution is 2.25. The average Bonchev–Trinajstić information content (AvgIpc) is 2.26. The first-order valence-electron chi connectivity index (χ1n) is 4.34. The second kappa shape index (κ2) is 6.26. The zero-order valence-corrected chi connectivity index (χ0v) is 11.3. The molecule has 0 fully saturated rings. The summed E-state index contributed by atoms with van der Waals surface area (Å²) in [7, 11) is 0. The van der Waals surface area contributed by atoms with Crippen molar-refractivity contribution in [1.29, 1.82) is 0 Å². The van der Waals surface area contributed by atoms with Crippen LogP contribution >= 0.6 is 50.5 Å². The minimum absolute atomic E-state index is 0.743. The Bertz CT molecular complexity index is 278. The van der Waals surface area contributed by atoms with Crippen molar-refractivity contribution >= 4 is 50.5 Å². The van der Waals surface area contributed by atoms with E-state index in [0.29, 0.717) is 0 Å². The Morgan fingerprint density at radius 3 is 1.21 bits per heavy atom. The Kier molecular flexibility index (Phi) is 5.67. The Morgan fingerprint density at radius 1 is 0.643 bits per heavy atom.